The highest BCUT2D eigenvalue weighted by Gasteiger charge is 2.29. The van der Waals surface area contributed by atoms with E-state index in [9.17, 15) is 17.6 Å². The summed E-state index contributed by atoms with van der Waals surface area (Å²) in [6.45, 7) is 4.86. The number of benzene rings is 2. The molecule has 0 atom stereocenters. The number of nitrogens with zero attached hydrogens (tertiary/aromatic N) is 1. The van der Waals surface area contributed by atoms with Gasteiger partial charge in [0.05, 0.1) is 10.6 Å². The average molecular weight is 364 g/mol. The lowest BCUT2D eigenvalue weighted by atomic mass is 10.2. The van der Waals surface area contributed by atoms with Crippen LogP contribution in [0.25, 0.3) is 0 Å². The number of hydrogen-bond acceptors (Lipinski definition) is 3. The fourth-order valence-electron chi connectivity index (χ4n) is 2.29. The van der Waals surface area contributed by atoms with E-state index in [1.807, 2.05) is 6.92 Å². The fourth-order valence-corrected chi connectivity index (χ4v) is 3.72. The number of sulfonamides is 1. The van der Waals surface area contributed by atoms with Crippen LogP contribution in [0.3, 0.4) is 0 Å². The van der Waals surface area contributed by atoms with Gasteiger partial charge in [0.15, 0.2) is 0 Å². The third-order valence-electron chi connectivity index (χ3n) is 3.47. The highest BCUT2D eigenvalue weighted by Crippen LogP contribution is 2.26. The summed E-state index contributed by atoms with van der Waals surface area (Å²) >= 11 is 0. The van der Waals surface area contributed by atoms with Gasteiger partial charge in [0.2, 0.25) is 5.91 Å². The van der Waals surface area contributed by atoms with Crippen molar-refractivity contribution in [2.75, 3.05) is 10.8 Å². The van der Waals surface area contributed by atoms with Crippen LogP contribution >= 0.6 is 0 Å². The number of nitrogens with one attached hydrogen (secondary N) is 1. The summed E-state index contributed by atoms with van der Waals surface area (Å²) in [6.07, 6.45) is 0. The Kier molecular flexibility index (Phi) is 5.79. The number of carbonyl (C=O) groups is 1. The lowest BCUT2D eigenvalue weighted by Crippen LogP contribution is -2.43. The minimum Gasteiger partial charge on any atom is -0.352 e. The summed E-state index contributed by atoms with van der Waals surface area (Å²) in [7, 11) is -4.09. The molecule has 0 aliphatic heterocycles. The number of halogens is 1. The highest BCUT2D eigenvalue weighted by atomic mass is 32.2. The van der Waals surface area contributed by atoms with Crippen molar-refractivity contribution in [2.24, 2.45) is 0 Å². The van der Waals surface area contributed by atoms with E-state index in [1.165, 1.54) is 30.3 Å². The molecule has 0 aliphatic carbocycles. The molecule has 1 N–H and O–H groups in total. The SMILES string of the molecule is Cc1ccc(S(=O)(=O)N(CC(=O)NC(C)C)c2ccccc2F)cc1. The average Bonchev–Trinajstić information content (AvgIpc) is 2.53. The summed E-state index contributed by atoms with van der Waals surface area (Å²) in [6, 6.07) is 11.5. The van der Waals surface area contributed by atoms with Crippen molar-refractivity contribution in [3.8, 4) is 0 Å². The maximum absolute atomic E-state index is 14.2. The first-order valence-electron chi connectivity index (χ1n) is 7.85. The maximum Gasteiger partial charge on any atom is 0.264 e. The summed E-state index contributed by atoms with van der Waals surface area (Å²) < 4.78 is 41.0. The van der Waals surface area contributed by atoms with E-state index in [1.54, 1.807) is 26.0 Å². The van der Waals surface area contributed by atoms with Crippen LogP contribution in [0, 0.1) is 12.7 Å². The normalized spacial score (nSPS) is 11.4. The lowest BCUT2D eigenvalue weighted by Gasteiger charge is -2.25. The first kappa shape index (κ1) is 18.9. The Bertz CT molecular complexity index is 849. The molecule has 0 aliphatic rings. The van der Waals surface area contributed by atoms with Crippen LogP contribution in [-0.2, 0) is 14.8 Å². The van der Waals surface area contributed by atoms with Gasteiger partial charge in [0.1, 0.15) is 12.4 Å². The van der Waals surface area contributed by atoms with Gasteiger partial charge in [0, 0.05) is 6.04 Å². The molecule has 2 rings (SSSR count). The molecule has 0 saturated carbocycles. The molecule has 2 aromatic rings. The lowest BCUT2D eigenvalue weighted by molar-refractivity contribution is -0.120. The van der Waals surface area contributed by atoms with E-state index in [4.69, 9.17) is 0 Å². The van der Waals surface area contributed by atoms with Crippen molar-refractivity contribution in [3.05, 3.63) is 59.9 Å². The molecular formula is C18H21FN2O3S. The Hall–Kier alpha value is -2.41. The van der Waals surface area contributed by atoms with Crippen molar-refractivity contribution in [2.45, 2.75) is 31.7 Å². The second-order valence-corrected chi connectivity index (χ2v) is 7.86. The minimum atomic E-state index is -4.09. The third-order valence-corrected chi connectivity index (χ3v) is 5.24. The van der Waals surface area contributed by atoms with Crippen LogP contribution in [0.2, 0.25) is 0 Å². The van der Waals surface area contributed by atoms with Gasteiger partial charge in [-0.3, -0.25) is 9.10 Å². The van der Waals surface area contributed by atoms with Crippen LogP contribution in [0.4, 0.5) is 10.1 Å². The number of rotatable bonds is 6. The number of para-hydroxylation sites is 1. The van der Waals surface area contributed by atoms with Gasteiger partial charge < -0.3 is 5.32 Å². The molecule has 0 saturated heterocycles. The molecule has 1 amide bonds. The summed E-state index contributed by atoms with van der Waals surface area (Å²) in [5.74, 6) is -1.22. The van der Waals surface area contributed by atoms with Crippen molar-refractivity contribution < 1.29 is 17.6 Å². The molecule has 0 aromatic heterocycles. The quantitative estimate of drug-likeness (QED) is 0.857. The minimum absolute atomic E-state index is 0.00120. The predicted molar refractivity (Wildman–Crippen MR) is 95.4 cm³/mol. The zero-order valence-corrected chi connectivity index (χ0v) is 15.2. The number of aryl methyl sites for hydroxylation is 1. The number of anilines is 1. The molecule has 134 valence electrons. The first-order valence-corrected chi connectivity index (χ1v) is 9.29. The zero-order valence-electron chi connectivity index (χ0n) is 14.4. The topological polar surface area (TPSA) is 66.5 Å². The smallest absolute Gasteiger partial charge is 0.264 e. The molecule has 0 fully saturated rings. The van der Waals surface area contributed by atoms with E-state index >= 15 is 0 Å². The summed E-state index contributed by atoms with van der Waals surface area (Å²) in [4.78, 5) is 12.1. The number of hydrogen-bond donors (Lipinski definition) is 1. The number of carbonyl (C=O) groups excluding carboxylic acids is 1. The molecule has 0 bridgehead atoms. The molecule has 0 unspecified atom stereocenters. The van der Waals surface area contributed by atoms with Crippen LogP contribution in [0.1, 0.15) is 19.4 Å². The first-order chi connectivity index (χ1) is 11.7. The summed E-state index contributed by atoms with van der Waals surface area (Å²) in [5, 5.41) is 2.63. The van der Waals surface area contributed by atoms with Crippen molar-refractivity contribution >= 4 is 21.6 Å². The van der Waals surface area contributed by atoms with Crippen LogP contribution in [0.15, 0.2) is 53.4 Å². The van der Waals surface area contributed by atoms with Gasteiger partial charge in [0.25, 0.3) is 10.0 Å². The zero-order chi connectivity index (χ0) is 18.6. The Balaban J connectivity index is 2.48. The Labute approximate surface area is 147 Å². The Morgan fingerprint density at radius 1 is 1.12 bits per heavy atom. The highest BCUT2D eigenvalue weighted by molar-refractivity contribution is 7.92. The molecule has 25 heavy (non-hydrogen) atoms. The van der Waals surface area contributed by atoms with Gasteiger partial charge >= 0.3 is 0 Å². The Morgan fingerprint density at radius 3 is 2.28 bits per heavy atom. The van der Waals surface area contributed by atoms with Gasteiger partial charge in [-0.15, -0.1) is 0 Å². The molecule has 2 aromatic carbocycles. The molecule has 7 heteroatoms. The second kappa shape index (κ2) is 7.65. The molecule has 0 heterocycles. The monoisotopic (exact) mass is 364 g/mol. The largest absolute Gasteiger partial charge is 0.352 e. The van der Waals surface area contributed by atoms with E-state index < -0.39 is 28.3 Å². The van der Waals surface area contributed by atoms with E-state index in [2.05, 4.69) is 5.32 Å². The molecular weight excluding hydrogens is 343 g/mol. The van der Waals surface area contributed by atoms with Crippen LogP contribution in [0.5, 0.6) is 0 Å². The summed E-state index contributed by atoms with van der Waals surface area (Å²) in [5.41, 5.74) is 0.732. The predicted octanol–water partition coefficient (Wildman–Crippen LogP) is 2.85. The fraction of sp³-hybridized carbons (Fsp3) is 0.278. The molecule has 0 spiro atoms. The van der Waals surface area contributed by atoms with Crippen LogP contribution in [-0.4, -0.2) is 26.9 Å². The van der Waals surface area contributed by atoms with Gasteiger partial charge in [-0.05, 0) is 45.0 Å². The van der Waals surface area contributed by atoms with Gasteiger partial charge in [-0.1, -0.05) is 29.8 Å². The van der Waals surface area contributed by atoms with E-state index in [0.717, 1.165) is 15.9 Å². The van der Waals surface area contributed by atoms with E-state index in [-0.39, 0.29) is 16.6 Å². The number of amides is 1. The third kappa shape index (κ3) is 4.57. The van der Waals surface area contributed by atoms with Crippen molar-refractivity contribution in [1.29, 1.82) is 0 Å². The maximum atomic E-state index is 14.2. The molecule has 5 nitrogen and oxygen atoms in total. The van der Waals surface area contributed by atoms with Gasteiger partial charge in [-0.25, -0.2) is 12.8 Å². The van der Waals surface area contributed by atoms with Crippen molar-refractivity contribution in [1.82, 2.24) is 5.32 Å². The molecule has 0 radical (unpaired) electrons. The second-order valence-electron chi connectivity index (χ2n) is 6.00. The van der Waals surface area contributed by atoms with Gasteiger partial charge in [-0.2, -0.15) is 0 Å². The van der Waals surface area contributed by atoms with Crippen LogP contribution < -0.4 is 9.62 Å². The Morgan fingerprint density at radius 2 is 1.72 bits per heavy atom. The standard InChI is InChI=1S/C18H21FN2O3S/c1-13(2)20-18(22)12-21(17-7-5-4-6-16(17)19)25(23,24)15-10-8-14(3)9-11-15/h4-11,13H,12H2,1-3H3,(H,20,22). The van der Waals surface area contributed by atoms with Crippen molar-refractivity contribution in [3.63, 3.8) is 0 Å². The van der Waals surface area contributed by atoms with E-state index in [0.29, 0.717) is 0 Å².